The standard InChI is InChI=1S/C21H21F3N6O4S/c22-16-6-13(7-17(23)19(16)24)9-30-4-3-18(29-30)20(31)15-8-26-11-27-21(15)28-14-2-1-12(5-14)10-34-35(25,32)33/h3-4,6-8,11-12,14H,1-2,5,9-10H2,(H2,25,32,33)(H,26,27,28). The van der Waals surface area contributed by atoms with Gasteiger partial charge in [0.05, 0.1) is 18.7 Å². The van der Waals surface area contributed by atoms with Crippen molar-refractivity contribution in [2.45, 2.75) is 31.8 Å². The lowest BCUT2D eigenvalue weighted by Crippen LogP contribution is -2.22. The zero-order valence-corrected chi connectivity index (χ0v) is 19.0. The van der Waals surface area contributed by atoms with E-state index in [1.807, 2.05) is 0 Å². The van der Waals surface area contributed by atoms with Crippen LogP contribution in [0.5, 0.6) is 0 Å². The highest BCUT2D eigenvalue weighted by Crippen LogP contribution is 2.29. The molecule has 0 amide bonds. The van der Waals surface area contributed by atoms with Crippen molar-refractivity contribution in [2.24, 2.45) is 11.1 Å². The van der Waals surface area contributed by atoms with E-state index in [9.17, 15) is 26.4 Å². The van der Waals surface area contributed by atoms with E-state index in [1.165, 1.54) is 29.5 Å². The Morgan fingerprint density at radius 1 is 1.23 bits per heavy atom. The summed E-state index contributed by atoms with van der Waals surface area (Å²) in [7, 11) is -4.01. The van der Waals surface area contributed by atoms with Gasteiger partial charge in [0.1, 0.15) is 17.8 Å². The normalized spacial score (nSPS) is 18.1. The van der Waals surface area contributed by atoms with Crippen LogP contribution in [-0.2, 0) is 21.0 Å². The molecule has 1 aliphatic carbocycles. The second-order valence-corrected chi connectivity index (χ2v) is 9.41. The molecule has 0 bridgehead atoms. The first-order valence-electron chi connectivity index (χ1n) is 10.5. The highest BCUT2D eigenvalue weighted by atomic mass is 32.2. The van der Waals surface area contributed by atoms with Crippen LogP contribution < -0.4 is 10.5 Å². The minimum atomic E-state index is -4.01. The number of halogens is 3. The molecular formula is C21H21F3N6O4S. The zero-order chi connectivity index (χ0) is 25.2. The van der Waals surface area contributed by atoms with Gasteiger partial charge in [-0.05, 0) is 48.9 Å². The summed E-state index contributed by atoms with van der Waals surface area (Å²) in [5, 5.41) is 12.2. The Hall–Kier alpha value is -3.36. The number of carbonyl (C=O) groups excluding carboxylic acids is 1. The second kappa shape index (κ2) is 10.1. The summed E-state index contributed by atoms with van der Waals surface area (Å²) in [6.07, 6.45) is 6.08. The maximum atomic E-state index is 13.5. The smallest absolute Gasteiger partial charge is 0.333 e. The number of carbonyl (C=O) groups is 1. The minimum Gasteiger partial charge on any atom is -0.367 e. The third-order valence-electron chi connectivity index (χ3n) is 5.57. The van der Waals surface area contributed by atoms with Crippen LogP contribution in [-0.4, -0.2) is 46.6 Å². The predicted octanol–water partition coefficient (Wildman–Crippen LogP) is 2.17. The molecule has 2 heterocycles. The highest BCUT2D eigenvalue weighted by molar-refractivity contribution is 7.84. The maximum absolute atomic E-state index is 13.5. The van der Waals surface area contributed by atoms with Crippen LogP contribution in [0, 0.1) is 23.4 Å². The van der Waals surface area contributed by atoms with E-state index in [0.29, 0.717) is 25.1 Å². The number of benzene rings is 1. The predicted molar refractivity (Wildman–Crippen MR) is 117 cm³/mol. The molecule has 0 saturated heterocycles. The molecular weight excluding hydrogens is 489 g/mol. The van der Waals surface area contributed by atoms with Gasteiger partial charge in [-0.25, -0.2) is 28.3 Å². The SMILES string of the molecule is NS(=O)(=O)OCC1CCC(Nc2ncncc2C(=O)c2ccn(Cc3cc(F)c(F)c(F)c3)n2)C1. The van der Waals surface area contributed by atoms with Crippen LogP contribution in [0.1, 0.15) is 40.9 Å². The number of nitrogens with zero attached hydrogens (tertiary/aromatic N) is 4. The van der Waals surface area contributed by atoms with Crippen LogP contribution in [0.2, 0.25) is 0 Å². The lowest BCUT2D eigenvalue weighted by molar-refractivity contribution is 0.103. The first-order valence-corrected chi connectivity index (χ1v) is 12.0. The summed E-state index contributed by atoms with van der Waals surface area (Å²) in [5.74, 6) is -4.39. The van der Waals surface area contributed by atoms with E-state index in [-0.39, 0.29) is 41.9 Å². The van der Waals surface area contributed by atoms with Gasteiger partial charge in [-0.2, -0.15) is 13.5 Å². The van der Waals surface area contributed by atoms with Gasteiger partial charge in [-0.3, -0.25) is 13.7 Å². The number of anilines is 1. The summed E-state index contributed by atoms with van der Waals surface area (Å²) in [4.78, 5) is 21.1. The first kappa shape index (κ1) is 24.8. The molecule has 1 aliphatic rings. The quantitative estimate of drug-likeness (QED) is 0.330. The van der Waals surface area contributed by atoms with Gasteiger partial charge >= 0.3 is 10.3 Å². The van der Waals surface area contributed by atoms with Crippen molar-refractivity contribution in [1.29, 1.82) is 0 Å². The van der Waals surface area contributed by atoms with Crippen LogP contribution in [0.15, 0.2) is 36.9 Å². The molecule has 2 atom stereocenters. The summed E-state index contributed by atoms with van der Waals surface area (Å²) >= 11 is 0. The molecule has 0 spiro atoms. The summed E-state index contributed by atoms with van der Waals surface area (Å²) in [5.41, 5.74) is 0.355. The van der Waals surface area contributed by atoms with Crippen molar-refractivity contribution in [3.05, 3.63) is 71.2 Å². The molecule has 4 rings (SSSR count). The fourth-order valence-electron chi connectivity index (χ4n) is 3.95. The van der Waals surface area contributed by atoms with E-state index < -0.39 is 33.5 Å². The first-order chi connectivity index (χ1) is 16.6. The number of hydrogen-bond donors (Lipinski definition) is 2. The number of rotatable bonds is 9. The molecule has 35 heavy (non-hydrogen) atoms. The van der Waals surface area contributed by atoms with Crippen LogP contribution in [0.3, 0.4) is 0 Å². The summed E-state index contributed by atoms with van der Waals surface area (Å²) in [6, 6.07) is 3.08. The molecule has 14 heteroatoms. The molecule has 186 valence electrons. The number of nitrogens with one attached hydrogen (secondary N) is 1. The van der Waals surface area contributed by atoms with Gasteiger partial charge < -0.3 is 5.32 Å². The van der Waals surface area contributed by atoms with Gasteiger partial charge in [-0.1, -0.05) is 0 Å². The van der Waals surface area contributed by atoms with Crippen LogP contribution in [0.4, 0.5) is 19.0 Å². The molecule has 1 fully saturated rings. The Morgan fingerprint density at radius 2 is 1.97 bits per heavy atom. The van der Waals surface area contributed by atoms with E-state index in [4.69, 9.17) is 5.14 Å². The van der Waals surface area contributed by atoms with Crippen molar-refractivity contribution in [3.63, 3.8) is 0 Å². The largest absolute Gasteiger partial charge is 0.367 e. The lowest BCUT2D eigenvalue weighted by Gasteiger charge is -2.15. The van der Waals surface area contributed by atoms with Crippen molar-refractivity contribution in [3.8, 4) is 0 Å². The second-order valence-electron chi connectivity index (χ2n) is 8.18. The van der Waals surface area contributed by atoms with Crippen molar-refractivity contribution >= 4 is 21.9 Å². The van der Waals surface area contributed by atoms with Gasteiger partial charge in [-0.15, -0.1) is 0 Å². The third-order valence-corrected chi connectivity index (χ3v) is 6.03. The lowest BCUT2D eigenvalue weighted by atomic mass is 10.1. The Kier molecular flexibility index (Phi) is 7.14. The fraction of sp³-hybridized carbons (Fsp3) is 0.333. The number of nitrogens with two attached hydrogens (primary N) is 1. The molecule has 1 saturated carbocycles. The van der Waals surface area contributed by atoms with Gasteiger partial charge in [0.15, 0.2) is 17.5 Å². The van der Waals surface area contributed by atoms with E-state index in [0.717, 1.165) is 12.1 Å². The van der Waals surface area contributed by atoms with E-state index in [2.05, 4.69) is 24.6 Å². The maximum Gasteiger partial charge on any atom is 0.333 e. The summed E-state index contributed by atoms with van der Waals surface area (Å²) in [6.45, 7) is -0.103. The molecule has 3 N–H and O–H groups in total. The van der Waals surface area contributed by atoms with E-state index in [1.54, 1.807) is 0 Å². The molecule has 2 aromatic heterocycles. The third kappa shape index (κ3) is 6.21. The van der Waals surface area contributed by atoms with E-state index >= 15 is 0 Å². The van der Waals surface area contributed by atoms with Gasteiger partial charge in [0, 0.05) is 18.4 Å². The zero-order valence-electron chi connectivity index (χ0n) is 18.2. The van der Waals surface area contributed by atoms with Gasteiger partial charge in [0.2, 0.25) is 5.78 Å². The molecule has 0 radical (unpaired) electrons. The Labute approximate surface area is 198 Å². The van der Waals surface area contributed by atoms with Crippen molar-refractivity contribution < 1.29 is 30.6 Å². The topological polar surface area (TPSA) is 142 Å². The van der Waals surface area contributed by atoms with Crippen LogP contribution in [0.25, 0.3) is 0 Å². The molecule has 10 nitrogen and oxygen atoms in total. The molecule has 2 unspecified atom stereocenters. The average Bonchev–Trinajstić information content (AvgIpc) is 3.45. The molecule has 1 aromatic carbocycles. The Morgan fingerprint density at radius 3 is 2.69 bits per heavy atom. The minimum absolute atomic E-state index is 0.0220. The number of hydrogen-bond acceptors (Lipinski definition) is 8. The average molecular weight is 510 g/mol. The van der Waals surface area contributed by atoms with Crippen molar-refractivity contribution in [2.75, 3.05) is 11.9 Å². The van der Waals surface area contributed by atoms with Crippen LogP contribution >= 0.6 is 0 Å². The number of ketones is 1. The number of aromatic nitrogens is 4. The summed E-state index contributed by atoms with van der Waals surface area (Å²) < 4.78 is 68.1. The Balaban J connectivity index is 1.44. The monoisotopic (exact) mass is 510 g/mol. The highest BCUT2D eigenvalue weighted by Gasteiger charge is 2.28. The molecule has 0 aliphatic heterocycles. The van der Waals surface area contributed by atoms with Crippen molar-refractivity contribution in [1.82, 2.24) is 19.7 Å². The molecule has 3 aromatic rings. The Bertz CT molecular complexity index is 1330. The fourth-order valence-corrected chi connectivity index (χ4v) is 4.33. The van der Waals surface area contributed by atoms with Gasteiger partial charge in [0.25, 0.3) is 0 Å².